The topological polar surface area (TPSA) is 51.3 Å². The number of halogens is 2. The molecule has 1 unspecified atom stereocenters. The van der Waals surface area contributed by atoms with Crippen LogP contribution in [0.2, 0.25) is 10.2 Å². The molecule has 1 fully saturated rings. The number of esters is 1. The zero-order chi connectivity index (χ0) is 12.3. The summed E-state index contributed by atoms with van der Waals surface area (Å²) in [5.41, 5.74) is 0.260. The molecule has 1 atom stereocenters. The summed E-state index contributed by atoms with van der Waals surface area (Å²) in [4.78, 5) is 14.3. The molecule has 6 heteroatoms. The third-order valence-corrected chi connectivity index (χ3v) is 3.31. The van der Waals surface area contributed by atoms with E-state index in [2.05, 4.69) is 4.98 Å². The molecule has 0 aliphatic carbocycles. The summed E-state index contributed by atoms with van der Waals surface area (Å²) in [6.07, 6.45) is 3.13. The molecule has 0 bridgehead atoms. The van der Waals surface area contributed by atoms with Crippen molar-refractivity contribution in [3.63, 3.8) is 0 Å². The van der Waals surface area contributed by atoms with E-state index in [9.17, 15) is 4.79 Å². The van der Waals surface area contributed by atoms with Crippen molar-refractivity contribution >= 4 is 29.2 Å². The van der Waals surface area contributed by atoms with E-state index in [0.717, 1.165) is 25.9 Å². The molecular weight excluding hydrogens is 265 g/mol. The molecule has 0 amide bonds. The second-order valence-electron chi connectivity index (χ2n) is 3.93. The van der Waals surface area contributed by atoms with Gasteiger partial charge in [-0.3, -0.25) is 0 Å². The minimum atomic E-state index is -0.465. The first-order chi connectivity index (χ1) is 8.16. The fraction of sp³-hybridized carbons (Fsp3) is 0.545. The smallest absolute Gasteiger partial charge is 0.354 e. The predicted octanol–water partition coefficient (Wildman–Crippen LogP) is 3.05. The van der Waals surface area contributed by atoms with Crippen LogP contribution >= 0.6 is 23.2 Å². The first kappa shape index (κ1) is 12.7. The summed E-state index contributed by atoms with van der Waals surface area (Å²) in [6.45, 7) is 1.01. The minimum absolute atomic E-state index is 0.00797. The second-order valence-corrected chi connectivity index (χ2v) is 4.72. The highest BCUT2D eigenvalue weighted by molar-refractivity contribution is 6.41. The normalized spacial score (nSPS) is 20.2. The van der Waals surface area contributed by atoms with Crippen LogP contribution in [-0.2, 0) is 9.47 Å². The highest BCUT2D eigenvalue weighted by Crippen LogP contribution is 2.22. The number of hydrogen-bond acceptors (Lipinski definition) is 3. The lowest BCUT2D eigenvalue weighted by Crippen LogP contribution is -2.26. The van der Waals surface area contributed by atoms with Gasteiger partial charge in [-0.25, -0.2) is 4.79 Å². The van der Waals surface area contributed by atoms with Gasteiger partial charge in [0.25, 0.3) is 0 Å². The maximum Gasteiger partial charge on any atom is 0.354 e. The Morgan fingerprint density at radius 3 is 2.94 bits per heavy atom. The van der Waals surface area contributed by atoms with Crippen LogP contribution in [0, 0.1) is 0 Å². The van der Waals surface area contributed by atoms with Crippen molar-refractivity contribution in [1.29, 1.82) is 0 Å². The van der Waals surface area contributed by atoms with Gasteiger partial charge >= 0.3 is 5.97 Å². The van der Waals surface area contributed by atoms with Crippen molar-refractivity contribution < 1.29 is 14.3 Å². The number of H-pyrrole nitrogens is 1. The van der Waals surface area contributed by atoms with Gasteiger partial charge in [-0.1, -0.05) is 23.2 Å². The first-order valence-electron chi connectivity index (χ1n) is 5.49. The monoisotopic (exact) mass is 277 g/mol. The quantitative estimate of drug-likeness (QED) is 0.864. The van der Waals surface area contributed by atoms with Gasteiger partial charge in [0.05, 0.1) is 11.1 Å². The number of carbonyl (C=O) groups excluding carboxylic acids is 1. The number of aromatic nitrogens is 1. The Hall–Kier alpha value is -0.710. The first-order valence-corrected chi connectivity index (χ1v) is 6.25. The number of carbonyl (C=O) groups is 1. The fourth-order valence-corrected chi connectivity index (χ4v) is 2.01. The van der Waals surface area contributed by atoms with E-state index in [1.165, 1.54) is 6.07 Å². The summed E-state index contributed by atoms with van der Waals surface area (Å²) in [6, 6.07) is 1.45. The fourth-order valence-electron chi connectivity index (χ4n) is 1.70. The van der Waals surface area contributed by atoms with Crippen LogP contribution in [0.3, 0.4) is 0 Å². The lowest BCUT2D eigenvalue weighted by atomic mass is 10.1. The van der Waals surface area contributed by atoms with Crippen molar-refractivity contribution in [3.8, 4) is 0 Å². The van der Waals surface area contributed by atoms with Crippen LogP contribution in [0.25, 0.3) is 0 Å². The van der Waals surface area contributed by atoms with Gasteiger partial charge in [0.1, 0.15) is 17.5 Å². The van der Waals surface area contributed by atoms with Crippen LogP contribution in [0.1, 0.15) is 29.8 Å². The van der Waals surface area contributed by atoms with Gasteiger partial charge in [0, 0.05) is 6.61 Å². The molecule has 1 aliphatic heterocycles. The Kier molecular flexibility index (Phi) is 4.31. The van der Waals surface area contributed by atoms with E-state index in [1.807, 2.05) is 0 Å². The molecule has 1 saturated heterocycles. The van der Waals surface area contributed by atoms with Crippen molar-refractivity contribution in [2.45, 2.75) is 25.4 Å². The maximum absolute atomic E-state index is 11.6. The van der Waals surface area contributed by atoms with Crippen molar-refractivity contribution in [2.24, 2.45) is 0 Å². The third-order valence-electron chi connectivity index (χ3n) is 2.62. The summed E-state index contributed by atoms with van der Waals surface area (Å²) < 4.78 is 10.6. The number of aromatic amines is 1. The Labute approximate surface area is 109 Å². The zero-order valence-corrected chi connectivity index (χ0v) is 10.7. The number of ether oxygens (including phenoxy) is 2. The van der Waals surface area contributed by atoms with E-state index in [0.29, 0.717) is 5.02 Å². The van der Waals surface area contributed by atoms with E-state index in [4.69, 9.17) is 32.7 Å². The van der Waals surface area contributed by atoms with Gasteiger partial charge in [0.2, 0.25) is 0 Å². The highest BCUT2D eigenvalue weighted by atomic mass is 35.5. The van der Waals surface area contributed by atoms with Gasteiger partial charge < -0.3 is 14.5 Å². The Bertz CT molecular complexity index is 380. The third kappa shape index (κ3) is 3.37. The summed E-state index contributed by atoms with van der Waals surface area (Å²) in [7, 11) is 0. The van der Waals surface area contributed by atoms with E-state index >= 15 is 0 Å². The lowest BCUT2D eigenvalue weighted by Gasteiger charge is -2.21. The average Bonchev–Trinajstić information content (AvgIpc) is 2.68. The van der Waals surface area contributed by atoms with Gasteiger partial charge in [-0.05, 0) is 25.3 Å². The van der Waals surface area contributed by atoms with Crippen LogP contribution in [-0.4, -0.2) is 30.3 Å². The van der Waals surface area contributed by atoms with Crippen LogP contribution in [0.4, 0.5) is 0 Å². The second kappa shape index (κ2) is 5.76. The van der Waals surface area contributed by atoms with E-state index < -0.39 is 5.97 Å². The summed E-state index contributed by atoms with van der Waals surface area (Å²) >= 11 is 11.4. The molecule has 1 aromatic heterocycles. The van der Waals surface area contributed by atoms with Gasteiger partial charge in [-0.2, -0.15) is 0 Å². The number of rotatable bonds is 3. The van der Waals surface area contributed by atoms with Crippen LogP contribution in [0.5, 0.6) is 0 Å². The maximum atomic E-state index is 11.6. The van der Waals surface area contributed by atoms with Gasteiger partial charge in [-0.15, -0.1) is 0 Å². The predicted molar refractivity (Wildman–Crippen MR) is 64.7 cm³/mol. The number of nitrogens with one attached hydrogen (secondary N) is 1. The Morgan fingerprint density at radius 2 is 2.35 bits per heavy atom. The molecule has 0 radical (unpaired) electrons. The van der Waals surface area contributed by atoms with Crippen LogP contribution in [0.15, 0.2) is 6.07 Å². The molecule has 1 N–H and O–H groups in total. The molecule has 1 aliphatic rings. The SMILES string of the molecule is O=C(OCC1CCCCO1)c1cc(Cl)c(Cl)[nH]1. The molecule has 2 heterocycles. The molecule has 17 heavy (non-hydrogen) atoms. The lowest BCUT2D eigenvalue weighted by molar-refractivity contribution is -0.0302. The minimum Gasteiger partial charge on any atom is -0.458 e. The Balaban J connectivity index is 1.84. The summed E-state index contributed by atoms with van der Waals surface area (Å²) in [5, 5.41) is 0.556. The molecule has 2 rings (SSSR count). The Morgan fingerprint density at radius 1 is 1.53 bits per heavy atom. The average molecular weight is 278 g/mol. The van der Waals surface area contributed by atoms with Gasteiger partial charge in [0.15, 0.2) is 0 Å². The van der Waals surface area contributed by atoms with Crippen molar-refractivity contribution in [2.75, 3.05) is 13.2 Å². The molecule has 4 nitrogen and oxygen atoms in total. The van der Waals surface area contributed by atoms with E-state index in [-0.39, 0.29) is 23.6 Å². The summed E-state index contributed by atoms with van der Waals surface area (Å²) in [5.74, 6) is -0.465. The molecule has 94 valence electrons. The van der Waals surface area contributed by atoms with Crippen molar-refractivity contribution in [1.82, 2.24) is 4.98 Å². The number of hydrogen-bond donors (Lipinski definition) is 1. The molecular formula is C11H13Cl2NO3. The molecule has 0 saturated carbocycles. The van der Waals surface area contributed by atoms with Crippen molar-refractivity contribution in [3.05, 3.63) is 21.9 Å². The molecule has 1 aromatic rings. The largest absolute Gasteiger partial charge is 0.458 e. The van der Waals surface area contributed by atoms with E-state index in [1.54, 1.807) is 0 Å². The molecule has 0 spiro atoms. The molecule has 0 aromatic carbocycles. The zero-order valence-electron chi connectivity index (χ0n) is 9.17. The highest BCUT2D eigenvalue weighted by Gasteiger charge is 2.18. The van der Waals surface area contributed by atoms with Crippen LogP contribution < -0.4 is 0 Å². The standard InChI is InChI=1S/C11H13Cl2NO3/c12-8-5-9(14-10(8)13)11(15)17-6-7-3-1-2-4-16-7/h5,7,14H,1-4,6H2.